The van der Waals surface area contributed by atoms with Crippen molar-refractivity contribution in [2.75, 3.05) is 44.7 Å². The summed E-state index contributed by atoms with van der Waals surface area (Å²) in [4.78, 5) is 28.2. The molecule has 8 nitrogen and oxygen atoms in total. The van der Waals surface area contributed by atoms with E-state index < -0.39 is 17.8 Å². The molecule has 1 saturated carbocycles. The van der Waals surface area contributed by atoms with E-state index in [-0.39, 0.29) is 13.0 Å². The van der Waals surface area contributed by atoms with Gasteiger partial charge in [-0.15, -0.1) is 0 Å². The molecule has 3 aromatic rings. The number of hydrogen-bond acceptors (Lipinski definition) is 7. The van der Waals surface area contributed by atoms with Gasteiger partial charge in [0, 0.05) is 31.1 Å². The lowest BCUT2D eigenvalue weighted by Crippen LogP contribution is -2.55. The SMILES string of the molecule is C=C(F)C(=O)N1CCN(c2nc(OC[C@@H]3CCCN3C)nc3cc(-c4cccc5c4C4CCCC4C5)ccc23)C[C@@H]1CC#N. The van der Waals surface area contributed by atoms with Crippen molar-refractivity contribution >= 4 is 22.6 Å². The maximum Gasteiger partial charge on any atom is 0.319 e. The minimum atomic E-state index is -1.01. The van der Waals surface area contributed by atoms with Crippen LogP contribution in [0.3, 0.4) is 0 Å². The van der Waals surface area contributed by atoms with E-state index in [4.69, 9.17) is 14.7 Å². The number of ether oxygens (including phenoxy) is 1. The Balaban J connectivity index is 1.27. The van der Waals surface area contributed by atoms with E-state index >= 15 is 0 Å². The molecule has 4 aliphatic rings. The lowest BCUT2D eigenvalue weighted by molar-refractivity contribution is -0.131. The maximum absolute atomic E-state index is 13.8. The van der Waals surface area contributed by atoms with Crippen molar-refractivity contribution in [3.05, 3.63) is 59.9 Å². The Hall–Kier alpha value is -4.03. The number of piperazine rings is 1. The molecule has 4 atom stereocenters. The third-order valence-corrected chi connectivity index (χ3v) is 10.4. The van der Waals surface area contributed by atoms with Crippen LogP contribution in [0, 0.1) is 17.2 Å². The molecule has 1 aromatic heterocycles. The Morgan fingerprint density at radius 2 is 2.00 bits per heavy atom. The van der Waals surface area contributed by atoms with Crippen molar-refractivity contribution in [2.45, 2.75) is 62.9 Å². The fourth-order valence-electron chi connectivity index (χ4n) is 8.10. The normalized spacial score (nSPS) is 24.8. The largest absolute Gasteiger partial charge is 0.462 e. The first-order valence-corrected chi connectivity index (χ1v) is 16.0. The molecule has 2 aliphatic heterocycles. The Kier molecular flexibility index (Phi) is 7.71. The molecule has 1 amide bonds. The van der Waals surface area contributed by atoms with Crippen molar-refractivity contribution in [2.24, 2.45) is 5.92 Å². The summed E-state index contributed by atoms with van der Waals surface area (Å²) in [6.45, 7) is 5.80. The number of carbonyl (C=O) groups is 1. The number of hydrogen-bond donors (Lipinski definition) is 0. The zero-order valence-corrected chi connectivity index (χ0v) is 25.3. The summed E-state index contributed by atoms with van der Waals surface area (Å²) in [5.74, 6) is 0.337. The lowest BCUT2D eigenvalue weighted by Gasteiger charge is -2.41. The second-order valence-corrected chi connectivity index (χ2v) is 12.9. The number of carbonyl (C=O) groups excluding carboxylic acids is 1. The van der Waals surface area contributed by atoms with Gasteiger partial charge in [-0.05, 0) is 91.9 Å². The highest BCUT2D eigenvalue weighted by Gasteiger charge is 2.38. The van der Waals surface area contributed by atoms with Crippen LogP contribution in [0.5, 0.6) is 6.01 Å². The molecule has 0 bridgehead atoms. The standard InChI is InChI=1S/C35H39FN6O2/c1-22(36)34(43)42-17-16-41(20-26(42)13-14-37)33-30-12-11-24(29-10-4-7-25-18-23-6-3-9-28(23)32(25)29)19-31(30)38-35(39-33)44-21-27-8-5-15-40(27)2/h4,7,10-12,19,23,26-28H,1,3,5-6,8-9,13,15-18,20-21H2,2H3/t23?,26-,27-,28?/m0/s1. The molecule has 2 aromatic carbocycles. The third kappa shape index (κ3) is 5.19. The molecular weight excluding hydrogens is 555 g/mol. The second kappa shape index (κ2) is 11.8. The minimum Gasteiger partial charge on any atom is -0.462 e. The quantitative estimate of drug-likeness (QED) is 0.328. The first kappa shape index (κ1) is 28.7. The maximum atomic E-state index is 13.8. The lowest BCUT2D eigenvalue weighted by atomic mass is 9.89. The molecule has 7 rings (SSSR count). The van der Waals surface area contributed by atoms with Gasteiger partial charge < -0.3 is 19.4 Å². The van der Waals surface area contributed by atoms with Crippen molar-refractivity contribution in [3.8, 4) is 23.2 Å². The smallest absolute Gasteiger partial charge is 0.319 e. The van der Waals surface area contributed by atoms with Crippen LogP contribution in [0.2, 0.25) is 0 Å². The summed E-state index contributed by atoms with van der Waals surface area (Å²) in [6, 6.07) is 15.5. The Morgan fingerprint density at radius 3 is 2.80 bits per heavy atom. The van der Waals surface area contributed by atoms with Crippen LogP contribution in [0.1, 0.15) is 55.6 Å². The molecular formula is C35H39FN6O2. The van der Waals surface area contributed by atoms with Gasteiger partial charge in [-0.25, -0.2) is 4.39 Å². The number of amides is 1. The third-order valence-electron chi connectivity index (χ3n) is 10.4. The highest BCUT2D eigenvalue weighted by atomic mass is 19.1. The van der Waals surface area contributed by atoms with Crippen molar-refractivity contribution in [1.82, 2.24) is 19.8 Å². The van der Waals surface area contributed by atoms with E-state index in [1.165, 1.54) is 47.3 Å². The average Bonchev–Trinajstić information content (AvgIpc) is 3.75. The van der Waals surface area contributed by atoms with Crippen LogP contribution >= 0.6 is 0 Å². The van der Waals surface area contributed by atoms with E-state index in [1.807, 2.05) is 0 Å². The summed E-state index contributed by atoms with van der Waals surface area (Å²) in [7, 11) is 2.12. The number of nitriles is 1. The molecule has 2 saturated heterocycles. The molecule has 0 N–H and O–H groups in total. The van der Waals surface area contributed by atoms with E-state index in [0.717, 1.165) is 41.8 Å². The van der Waals surface area contributed by atoms with Gasteiger partial charge >= 0.3 is 6.01 Å². The van der Waals surface area contributed by atoms with Gasteiger partial charge in [0.1, 0.15) is 12.4 Å². The van der Waals surface area contributed by atoms with Gasteiger partial charge in [0.15, 0.2) is 5.83 Å². The van der Waals surface area contributed by atoms with Gasteiger partial charge in [0.25, 0.3) is 5.91 Å². The van der Waals surface area contributed by atoms with E-state index in [9.17, 15) is 14.4 Å². The van der Waals surface area contributed by atoms with Gasteiger partial charge in [0.05, 0.1) is 24.0 Å². The van der Waals surface area contributed by atoms with E-state index in [0.29, 0.717) is 43.5 Å². The number of anilines is 1. The zero-order valence-electron chi connectivity index (χ0n) is 25.3. The molecule has 2 unspecified atom stereocenters. The fourth-order valence-corrected chi connectivity index (χ4v) is 8.10. The molecule has 3 heterocycles. The number of likely N-dealkylation sites (tertiary alicyclic amines) is 1. The summed E-state index contributed by atoms with van der Waals surface area (Å²) in [6.07, 6.45) is 7.37. The van der Waals surface area contributed by atoms with Crippen LogP contribution < -0.4 is 9.64 Å². The van der Waals surface area contributed by atoms with Crippen LogP contribution in [0.25, 0.3) is 22.0 Å². The summed E-state index contributed by atoms with van der Waals surface area (Å²) >= 11 is 0. The van der Waals surface area contributed by atoms with Crippen LogP contribution in [-0.4, -0.2) is 77.6 Å². The zero-order chi connectivity index (χ0) is 30.4. The van der Waals surface area contributed by atoms with Crippen molar-refractivity contribution in [1.29, 1.82) is 5.26 Å². The molecule has 9 heteroatoms. The van der Waals surface area contributed by atoms with Crippen molar-refractivity contribution < 1.29 is 13.9 Å². The highest BCUT2D eigenvalue weighted by molar-refractivity contribution is 5.94. The topological polar surface area (TPSA) is 85.6 Å². The Bertz CT molecular complexity index is 1650. The molecule has 3 fully saturated rings. The number of aromatic nitrogens is 2. The number of likely N-dealkylation sites (N-methyl/N-ethyl adjacent to an activating group) is 1. The predicted octanol–water partition coefficient (Wildman–Crippen LogP) is 5.62. The first-order valence-electron chi connectivity index (χ1n) is 16.0. The van der Waals surface area contributed by atoms with Crippen molar-refractivity contribution in [3.63, 3.8) is 0 Å². The number of halogens is 1. The summed E-state index contributed by atoms with van der Waals surface area (Å²) in [5, 5.41) is 10.4. The van der Waals surface area contributed by atoms with Crippen LogP contribution in [-0.2, 0) is 11.2 Å². The summed E-state index contributed by atoms with van der Waals surface area (Å²) in [5.41, 5.74) is 6.23. The molecule has 0 radical (unpaired) electrons. The number of benzene rings is 2. The molecule has 0 spiro atoms. The van der Waals surface area contributed by atoms with E-state index in [1.54, 1.807) is 0 Å². The Labute approximate surface area is 258 Å². The van der Waals surface area contributed by atoms with E-state index in [2.05, 4.69) is 65.9 Å². The first-order chi connectivity index (χ1) is 21.4. The predicted molar refractivity (Wildman–Crippen MR) is 168 cm³/mol. The summed E-state index contributed by atoms with van der Waals surface area (Å²) < 4.78 is 20.1. The minimum absolute atomic E-state index is 0.0847. The van der Waals surface area contributed by atoms with Crippen LogP contribution in [0.15, 0.2) is 48.8 Å². The molecule has 2 aliphatic carbocycles. The number of fused-ring (bicyclic) bond motifs is 4. The van der Waals surface area contributed by atoms with Gasteiger partial charge in [-0.3, -0.25) is 4.79 Å². The Morgan fingerprint density at radius 1 is 1.11 bits per heavy atom. The number of rotatable bonds is 7. The van der Waals surface area contributed by atoms with Crippen LogP contribution in [0.4, 0.5) is 10.2 Å². The van der Waals surface area contributed by atoms with Gasteiger partial charge in [-0.1, -0.05) is 37.3 Å². The number of nitrogens with zero attached hydrogens (tertiary/aromatic N) is 6. The molecule has 44 heavy (non-hydrogen) atoms. The fraction of sp³-hybridized carbons (Fsp3) is 0.486. The monoisotopic (exact) mass is 594 g/mol. The molecule has 228 valence electrons. The highest BCUT2D eigenvalue weighted by Crippen LogP contribution is 2.51. The average molecular weight is 595 g/mol. The van der Waals surface area contributed by atoms with Gasteiger partial charge in [0.2, 0.25) is 0 Å². The second-order valence-electron chi connectivity index (χ2n) is 12.9. The van der Waals surface area contributed by atoms with Gasteiger partial charge in [-0.2, -0.15) is 15.2 Å².